The summed E-state index contributed by atoms with van der Waals surface area (Å²) in [6.45, 7) is 1.88. The Morgan fingerprint density at radius 1 is 1.15 bits per heavy atom. The van der Waals surface area contributed by atoms with E-state index in [1.807, 2.05) is 12.1 Å². The van der Waals surface area contributed by atoms with E-state index in [-0.39, 0.29) is 10.6 Å². The fourth-order valence-electron chi connectivity index (χ4n) is 3.11. The summed E-state index contributed by atoms with van der Waals surface area (Å²) in [5, 5.41) is 0.677. The molecular formula is C16H18N6O3S. The molecule has 1 aromatic carbocycles. The molecule has 0 bridgehead atoms. The summed E-state index contributed by atoms with van der Waals surface area (Å²) in [4.78, 5) is 24.9. The first-order valence-corrected chi connectivity index (χ1v) is 9.60. The SMILES string of the molecule is Cn1cnc2cc(N3CCN(S(=O)(=O)c4cnc[nH]4)CC3)ccc2c1=O. The van der Waals surface area contributed by atoms with E-state index in [1.54, 1.807) is 13.1 Å². The number of aromatic nitrogens is 4. The fourth-order valence-corrected chi connectivity index (χ4v) is 4.42. The Morgan fingerprint density at radius 2 is 1.92 bits per heavy atom. The van der Waals surface area contributed by atoms with E-state index in [1.165, 1.54) is 27.7 Å². The van der Waals surface area contributed by atoms with Gasteiger partial charge in [-0.2, -0.15) is 4.31 Å². The summed E-state index contributed by atoms with van der Waals surface area (Å²) in [5.74, 6) is 0. The third kappa shape index (κ3) is 2.76. The summed E-state index contributed by atoms with van der Waals surface area (Å²) in [5.41, 5.74) is 1.48. The Kier molecular flexibility index (Phi) is 4.00. The van der Waals surface area contributed by atoms with Crippen molar-refractivity contribution in [3.05, 3.63) is 47.4 Å². The second-order valence-electron chi connectivity index (χ2n) is 6.17. The Bertz CT molecular complexity index is 1100. The summed E-state index contributed by atoms with van der Waals surface area (Å²) in [6.07, 6.45) is 4.18. The minimum Gasteiger partial charge on any atom is -0.369 e. The molecule has 1 saturated heterocycles. The fraction of sp³-hybridized carbons (Fsp3) is 0.312. The Morgan fingerprint density at radius 3 is 2.62 bits per heavy atom. The van der Waals surface area contributed by atoms with Gasteiger partial charge in [-0.15, -0.1) is 0 Å². The molecule has 0 spiro atoms. The average Bonchev–Trinajstić information content (AvgIpc) is 3.20. The molecule has 1 aliphatic rings. The third-order valence-corrected chi connectivity index (χ3v) is 6.42. The highest BCUT2D eigenvalue weighted by molar-refractivity contribution is 7.89. The highest BCUT2D eigenvalue weighted by Crippen LogP contribution is 2.22. The molecule has 1 aliphatic heterocycles. The van der Waals surface area contributed by atoms with Crippen molar-refractivity contribution in [2.45, 2.75) is 5.03 Å². The Labute approximate surface area is 150 Å². The molecular weight excluding hydrogens is 356 g/mol. The van der Waals surface area contributed by atoms with Gasteiger partial charge in [0, 0.05) is 38.9 Å². The number of hydrogen-bond donors (Lipinski definition) is 1. The van der Waals surface area contributed by atoms with Gasteiger partial charge in [0.2, 0.25) is 0 Å². The lowest BCUT2D eigenvalue weighted by Crippen LogP contribution is -2.48. The van der Waals surface area contributed by atoms with Crippen molar-refractivity contribution in [3.8, 4) is 0 Å². The lowest BCUT2D eigenvalue weighted by Gasteiger charge is -2.35. The monoisotopic (exact) mass is 374 g/mol. The number of anilines is 1. The van der Waals surface area contributed by atoms with Gasteiger partial charge in [-0.25, -0.2) is 18.4 Å². The van der Waals surface area contributed by atoms with E-state index in [0.29, 0.717) is 37.1 Å². The quantitative estimate of drug-likeness (QED) is 0.701. The maximum absolute atomic E-state index is 12.5. The molecule has 1 fully saturated rings. The van der Waals surface area contributed by atoms with Crippen LogP contribution in [0.15, 0.2) is 46.9 Å². The molecule has 2 aromatic heterocycles. The number of sulfonamides is 1. The average molecular weight is 374 g/mol. The molecule has 0 aliphatic carbocycles. The summed E-state index contributed by atoms with van der Waals surface area (Å²) in [7, 11) is -1.87. The summed E-state index contributed by atoms with van der Waals surface area (Å²) >= 11 is 0. The normalized spacial score (nSPS) is 16.3. The lowest BCUT2D eigenvalue weighted by atomic mass is 10.2. The number of imidazole rings is 1. The van der Waals surface area contributed by atoms with E-state index in [2.05, 4.69) is 19.9 Å². The van der Waals surface area contributed by atoms with Crippen molar-refractivity contribution in [2.75, 3.05) is 31.1 Å². The first-order valence-electron chi connectivity index (χ1n) is 8.16. The largest absolute Gasteiger partial charge is 0.369 e. The number of benzene rings is 1. The predicted octanol–water partition coefficient (Wildman–Crippen LogP) is 0.167. The van der Waals surface area contributed by atoms with Gasteiger partial charge in [-0.05, 0) is 18.2 Å². The van der Waals surface area contributed by atoms with Crippen molar-refractivity contribution >= 4 is 26.6 Å². The second kappa shape index (κ2) is 6.22. The van der Waals surface area contributed by atoms with Crippen molar-refractivity contribution in [3.63, 3.8) is 0 Å². The number of hydrogen-bond acceptors (Lipinski definition) is 6. The van der Waals surface area contributed by atoms with Gasteiger partial charge in [-0.3, -0.25) is 4.79 Å². The number of nitrogens with one attached hydrogen (secondary N) is 1. The topological polar surface area (TPSA) is 104 Å². The molecule has 0 radical (unpaired) electrons. The van der Waals surface area contributed by atoms with E-state index in [0.717, 1.165) is 5.69 Å². The molecule has 9 nitrogen and oxygen atoms in total. The number of H-pyrrole nitrogens is 1. The second-order valence-corrected chi connectivity index (χ2v) is 8.08. The van der Waals surface area contributed by atoms with Gasteiger partial charge in [0.15, 0.2) is 5.03 Å². The molecule has 136 valence electrons. The van der Waals surface area contributed by atoms with Crippen LogP contribution < -0.4 is 10.5 Å². The number of aromatic amines is 1. The highest BCUT2D eigenvalue weighted by Gasteiger charge is 2.29. The zero-order valence-electron chi connectivity index (χ0n) is 14.2. The first kappa shape index (κ1) is 16.7. The molecule has 3 aromatic rings. The van der Waals surface area contributed by atoms with Crippen LogP contribution in [0.2, 0.25) is 0 Å². The number of piperazine rings is 1. The highest BCUT2D eigenvalue weighted by atomic mass is 32.2. The Balaban J connectivity index is 1.54. The molecule has 0 atom stereocenters. The maximum Gasteiger partial charge on any atom is 0.260 e. The van der Waals surface area contributed by atoms with Crippen LogP contribution in [0.5, 0.6) is 0 Å². The first-order chi connectivity index (χ1) is 12.5. The zero-order valence-corrected chi connectivity index (χ0v) is 15.0. The van der Waals surface area contributed by atoms with Crippen molar-refractivity contribution in [1.82, 2.24) is 23.8 Å². The van der Waals surface area contributed by atoms with Gasteiger partial charge in [0.25, 0.3) is 15.6 Å². The van der Waals surface area contributed by atoms with E-state index >= 15 is 0 Å². The van der Waals surface area contributed by atoms with Crippen molar-refractivity contribution in [2.24, 2.45) is 7.05 Å². The van der Waals surface area contributed by atoms with Crippen LogP contribution in [0, 0.1) is 0 Å². The third-order valence-electron chi connectivity index (χ3n) is 4.60. The standard InChI is InChI=1S/C16H18N6O3S/c1-20-11-19-14-8-12(2-3-13(14)16(20)23)21-4-6-22(7-5-21)26(24,25)15-9-17-10-18-15/h2-3,8-11H,4-7H2,1H3,(H,17,18). The number of fused-ring (bicyclic) bond motifs is 1. The predicted molar refractivity (Wildman–Crippen MR) is 96.5 cm³/mol. The van der Waals surface area contributed by atoms with Crippen molar-refractivity contribution in [1.29, 1.82) is 0 Å². The van der Waals surface area contributed by atoms with Crippen LogP contribution in [0.25, 0.3) is 10.9 Å². The maximum atomic E-state index is 12.5. The van der Waals surface area contributed by atoms with E-state index < -0.39 is 10.0 Å². The summed E-state index contributed by atoms with van der Waals surface area (Å²) in [6, 6.07) is 5.52. The van der Waals surface area contributed by atoms with Gasteiger partial charge in [0.1, 0.15) is 0 Å². The summed E-state index contributed by atoms with van der Waals surface area (Å²) < 4.78 is 27.9. The van der Waals surface area contributed by atoms with Crippen molar-refractivity contribution < 1.29 is 8.42 Å². The van der Waals surface area contributed by atoms with Crippen LogP contribution in [-0.2, 0) is 17.1 Å². The number of aryl methyl sites for hydroxylation is 1. The van der Waals surface area contributed by atoms with Gasteiger partial charge >= 0.3 is 0 Å². The molecule has 4 rings (SSSR count). The zero-order chi connectivity index (χ0) is 18.3. The molecule has 0 amide bonds. The van der Waals surface area contributed by atoms with E-state index in [9.17, 15) is 13.2 Å². The molecule has 26 heavy (non-hydrogen) atoms. The molecule has 0 unspecified atom stereocenters. The molecule has 3 heterocycles. The molecule has 10 heteroatoms. The van der Waals surface area contributed by atoms with Gasteiger partial charge in [-0.1, -0.05) is 0 Å². The molecule has 0 saturated carbocycles. The Hall–Kier alpha value is -2.72. The van der Waals surface area contributed by atoms with E-state index in [4.69, 9.17) is 0 Å². The van der Waals surface area contributed by atoms with Gasteiger partial charge < -0.3 is 14.5 Å². The van der Waals surface area contributed by atoms with Crippen LogP contribution in [0.4, 0.5) is 5.69 Å². The van der Waals surface area contributed by atoms with Crippen LogP contribution in [-0.4, -0.2) is 58.4 Å². The van der Waals surface area contributed by atoms with Crippen LogP contribution in [0.3, 0.4) is 0 Å². The minimum atomic E-state index is -3.54. The van der Waals surface area contributed by atoms with Crippen LogP contribution in [0.1, 0.15) is 0 Å². The van der Waals surface area contributed by atoms with Gasteiger partial charge in [0.05, 0.1) is 29.8 Å². The molecule has 1 N–H and O–H groups in total. The minimum absolute atomic E-state index is 0.0861. The lowest BCUT2D eigenvalue weighted by molar-refractivity contribution is 0.383. The smallest absolute Gasteiger partial charge is 0.260 e. The number of rotatable bonds is 3. The van der Waals surface area contributed by atoms with Crippen LogP contribution >= 0.6 is 0 Å². The number of nitrogens with zero attached hydrogens (tertiary/aromatic N) is 5.